The highest BCUT2D eigenvalue weighted by molar-refractivity contribution is 7.97. The van der Waals surface area contributed by atoms with Gasteiger partial charge in [-0.05, 0) is 6.42 Å². The van der Waals surface area contributed by atoms with Gasteiger partial charge in [-0.25, -0.2) is 4.31 Å². The molecule has 0 saturated carbocycles. The average molecular weight is 344 g/mol. The Morgan fingerprint density at radius 3 is 2.30 bits per heavy atom. The molecule has 1 rings (SSSR count). The van der Waals surface area contributed by atoms with E-state index in [1.54, 1.807) is 11.9 Å². The highest BCUT2D eigenvalue weighted by atomic mass is 32.2. The van der Waals surface area contributed by atoms with Crippen molar-refractivity contribution >= 4 is 24.0 Å². The summed E-state index contributed by atoms with van der Waals surface area (Å²) in [4.78, 5) is 22.2. The molecule has 0 bridgehead atoms. The molecule has 0 aromatic carbocycles. The van der Waals surface area contributed by atoms with Gasteiger partial charge in [-0.15, -0.1) is 0 Å². The Hall–Kier alpha value is -0.390. The first-order chi connectivity index (χ1) is 11.3. The molecule has 1 heterocycles. The van der Waals surface area contributed by atoms with Crippen LogP contribution in [0.5, 0.6) is 0 Å². The van der Waals surface area contributed by atoms with Crippen molar-refractivity contribution in [1.29, 1.82) is 0 Å². The summed E-state index contributed by atoms with van der Waals surface area (Å²) in [6.45, 7) is 3.98. The molecule has 1 aliphatic rings. The molecule has 0 amide bonds. The Morgan fingerprint density at radius 1 is 1.09 bits per heavy atom. The number of ketones is 1. The molecule has 1 unspecified atom stereocenters. The topological polar surface area (TPSA) is 46.6 Å². The van der Waals surface area contributed by atoms with Crippen molar-refractivity contribution in [3.05, 3.63) is 0 Å². The van der Waals surface area contributed by atoms with E-state index in [2.05, 4.69) is 6.92 Å². The molecule has 0 aromatic heterocycles. The summed E-state index contributed by atoms with van der Waals surface area (Å²) in [5.74, 6) is 0.666. The van der Waals surface area contributed by atoms with Crippen LogP contribution in [0.15, 0.2) is 0 Å². The van der Waals surface area contributed by atoms with Crippen LogP contribution < -0.4 is 0 Å². The lowest BCUT2D eigenvalue weighted by atomic mass is 10.1. The van der Waals surface area contributed by atoms with Crippen LogP contribution in [0.1, 0.15) is 71.1 Å². The van der Waals surface area contributed by atoms with Crippen molar-refractivity contribution in [3.8, 4) is 0 Å². The fourth-order valence-electron chi connectivity index (χ4n) is 2.82. The zero-order valence-electron chi connectivity index (χ0n) is 14.6. The van der Waals surface area contributed by atoms with Crippen LogP contribution in [-0.2, 0) is 14.3 Å². The van der Waals surface area contributed by atoms with Crippen LogP contribution in [0.3, 0.4) is 0 Å². The van der Waals surface area contributed by atoms with E-state index in [0.717, 1.165) is 12.3 Å². The summed E-state index contributed by atoms with van der Waals surface area (Å²) in [5, 5.41) is 0. The summed E-state index contributed by atoms with van der Waals surface area (Å²) in [6.07, 6.45) is 13.8. The van der Waals surface area contributed by atoms with E-state index in [-0.39, 0.29) is 11.8 Å². The zero-order valence-corrected chi connectivity index (χ0v) is 15.5. The van der Waals surface area contributed by atoms with Crippen molar-refractivity contribution in [2.75, 3.05) is 25.5 Å². The van der Waals surface area contributed by atoms with E-state index < -0.39 is 0 Å². The largest absolute Gasteiger partial charge is 0.378 e. The average Bonchev–Trinajstić information content (AvgIpc) is 2.59. The summed E-state index contributed by atoms with van der Waals surface area (Å²) < 4.78 is 7.34. The molecule has 0 aliphatic carbocycles. The molecule has 1 atom stereocenters. The van der Waals surface area contributed by atoms with E-state index in [1.807, 2.05) is 4.31 Å². The first kappa shape index (κ1) is 20.7. The van der Waals surface area contributed by atoms with Gasteiger partial charge in [0.1, 0.15) is 6.04 Å². The Balaban J connectivity index is 1.97. The monoisotopic (exact) mass is 343 g/mol. The number of carbonyl (C=O) groups excluding carboxylic acids is 2. The lowest BCUT2D eigenvalue weighted by Gasteiger charge is -2.32. The van der Waals surface area contributed by atoms with Gasteiger partial charge in [0, 0.05) is 12.3 Å². The third-order valence-electron chi connectivity index (χ3n) is 4.28. The predicted molar refractivity (Wildman–Crippen MR) is 96.7 cm³/mol. The molecule has 0 N–H and O–H groups in total. The smallest absolute Gasteiger partial charge is 0.215 e. The second-order valence-electron chi connectivity index (χ2n) is 6.27. The van der Waals surface area contributed by atoms with Crippen LogP contribution in [0.25, 0.3) is 0 Å². The molecular weight excluding hydrogens is 310 g/mol. The summed E-state index contributed by atoms with van der Waals surface area (Å²) in [5.41, 5.74) is 0. The Kier molecular flexibility index (Phi) is 12.6. The van der Waals surface area contributed by atoms with Crippen LogP contribution in [-0.4, -0.2) is 47.9 Å². The van der Waals surface area contributed by atoms with Crippen molar-refractivity contribution in [2.45, 2.75) is 77.2 Å². The van der Waals surface area contributed by atoms with Gasteiger partial charge < -0.3 is 4.74 Å². The molecule has 0 aromatic rings. The second kappa shape index (κ2) is 14.0. The van der Waals surface area contributed by atoms with Crippen molar-refractivity contribution in [2.24, 2.45) is 0 Å². The van der Waals surface area contributed by atoms with Gasteiger partial charge in [-0.2, -0.15) is 0 Å². The minimum Gasteiger partial charge on any atom is -0.378 e. The maximum Gasteiger partial charge on any atom is 0.215 e. The van der Waals surface area contributed by atoms with Crippen molar-refractivity contribution in [1.82, 2.24) is 4.31 Å². The van der Waals surface area contributed by atoms with E-state index in [1.165, 1.54) is 64.2 Å². The Labute approximate surface area is 145 Å². The standard InChI is InChI=1S/C18H33NO3S/c1-2-3-4-5-6-7-8-9-10-11-14-23-19-12-13-22-16-17(19)18(21)15-20/h15,17H,2-14,16H2,1H3. The van der Waals surface area contributed by atoms with Crippen molar-refractivity contribution < 1.29 is 14.3 Å². The van der Waals surface area contributed by atoms with E-state index in [4.69, 9.17) is 4.74 Å². The van der Waals surface area contributed by atoms with E-state index in [9.17, 15) is 9.59 Å². The highest BCUT2D eigenvalue weighted by Gasteiger charge is 2.29. The molecule has 23 heavy (non-hydrogen) atoms. The van der Waals surface area contributed by atoms with Crippen LogP contribution >= 0.6 is 11.9 Å². The van der Waals surface area contributed by atoms with Gasteiger partial charge in [0.15, 0.2) is 6.29 Å². The van der Waals surface area contributed by atoms with Gasteiger partial charge in [0.05, 0.1) is 13.2 Å². The minimum absolute atomic E-state index is 0.350. The van der Waals surface area contributed by atoms with Gasteiger partial charge >= 0.3 is 0 Å². The number of ether oxygens (including phenoxy) is 1. The first-order valence-electron chi connectivity index (χ1n) is 9.26. The van der Waals surface area contributed by atoms with Crippen LogP contribution in [0.4, 0.5) is 0 Å². The summed E-state index contributed by atoms with van der Waals surface area (Å²) in [7, 11) is 0. The lowest BCUT2D eigenvalue weighted by Crippen LogP contribution is -2.46. The molecule has 1 aliphatic heterocycles. The molecule has 5 heteroatoms. The molecule has 4 nitrogen and oxygen atoms in total. The number of nitrogens with zero attached hydrogens (tertiary/aromatic N) is 1. The maximum atomic E-state index is 11.6. The number of Topliss-reactive ketones (excluding diaryl/α,β-unsaturated/α-hetero) is 1. The van der Waals surface area contributed by atoms with Crippen LogP contribution in [0.2, 0.25) is 0 Å². The molecule has 0 radical (unpaired) electrons. The fraction of sp³-hybridized carbons (Fsp3) is 0.889. The highest BCUT2D eigenvalue weighted by Crippen LogP contribution is 2.20. The fourth-order valence-corrected chi connectivity index (χ4v) is 3.93. The molecule has 1 fully saturated rings. The minimum atomic E-state index is -0.380. The van der Waals surface area contributed by atoms with Gasteiger partial charge in [-0.3, -0.25) is 9.59 Å². The number of hydrogen-bond donors (Lipinski definition) is 0. The van der Waals surface area contributed by atoms with Gasteiger partial charge in [-0.1, -0.05) is 76.7 Å². The van der Waals surface area contributed by atoms with Crippen molar-refractivity contribution in [3.63, 3.8) is 0 Å². The molecule has 0 spiro atoms. The number of rotatable bonds is 14. The van der Waals surface area contributed by atoms with E-state index >= 15 is 0 Å². The number of hydrogen-bond acceptors (Lipinski definition) is 5. The number of morpholine rings is 1. The summed E-state index contributed by atoms with van der Waals surface area (Å²) >= 11 is 1.70. The van der Waals surface area contributed by atoms with E-state index in [0.29, 0.717) is 19.5 Å². The first-order valence-corrected chi connectivity index (χ1v) is 10.2. The predicted octanol–water partition coefficient (Wildman–Crippen LogP) is 4.02. The second-order valence-corrected chi connectivity index (χ2v) is 7.40. The normalized spacial score (nSPS) is 18.9. The number of unbranched alkanes of at least 4 members (excludes halogenated alkanes) is 9. The maximum absolute atomic E-state index is 11.6. The Morgan fingerprint density at radius 2 is 1.70 bits per heavy atom. The lowest BCUT2D eigenvalue weighted by molar-refractivity contribution is -0.135. The summed E-state index contributed by atoms with van der Waals surface area (Å²) in [6, 6.07) is -0.380. The third kappa shape index (κ3) is 9.48. The third-order valence-corrected chi connectivity index (χ3v) is 5.52. The van der Waals surface area contributed by atoms with Gasteiger partial charge in [0.25, 0.3) is 0 Å². The number of carbonyl (C=O) groups is 2. The van der Waals surface area contributed by atoms with Gasteiger partial charge in [0.2, 0.25) is 5.78 Å². The Bertz CT molecular complexity index is 325. The molecule has 134 valence electrons. The molecule has 1 saturated heterocycles. The SMILES string of the molecule is CCCCCCCCCCCCSN1CCOCC1C(=O)C=O. The quantitative estimate of drug-likeness (QED) is 0.206. The zero-order chi connectivity index (χ0) is 16.8. The molecular formula is C18H33NO3S. The van der Waals surface area contributed by atoms with Crippen LogP contribution in [0, 0.1) is 0 Å². The number of aldehydes is 1.